The van der Waals surface area contributed by atoms with Gasteiger partial charge in [0.1, 0.15) is 11.6 Å². The van der Waals surface area contributed by atoms with E-state index in [1.54, 1.807) is 43.3 Å². The number of nitro benzene ring substituents is 1. The lowest BCUT2D eigenvalue weighted by Gasteiger charge is -2.15. The number of rotatable bonds is 5. The van der Waals surface area contributed by atoms with Crippen molar-refractivity contribution in [3.63, 3.8) is 0 Å². The number of para-hydroxylation sites is 1. The van der Waals surface area contributed by atoms with Gasteiger partial charge in [-0.1, -0.05) is 18.2 Å². The molecule has 33 heavy (non-hydrogen) atoms. The molecule has 0 saturated carbocycles. The van der Waals surface area contributed by atoms with E-state index in [1.165, 1.54) is 36.8 Å². The van der Waals surface area contributed by atoms with Crippen molar-refractivity contribution in [3.05, 3.63) is 98.1 Å². The molecule has 0 fully saturated rings. The fourth-order valence-corrected chi connectivity index (χ4v) is 3.73. The molecule has 9 nitrogen and oxygen atoms in total. The Balaban J connectivity index is 1.73. The molecule has 4 aromatic rings. The van der Waals surface area contributed by atoms with E-state index in [9.17, 15) is 19.7 Å². The summed E-state index contributed by atoms with van der Waals surface area (Å²) in [5, 5.41) is 14.4. The van der Waals surface area contributed by atoms with E-state index in [0.717, 1.165) is 0 Å². The number of nitrogens with zero attached hydrogens (tertiary/aromatic N) is 3. The van der Waals surface area contributed by atoms with Gasteiger partial charge in [0.2, 0.25) is 0 Å². The Morgan fingerprint density at radius 3 is 2.58 bits per heavy atom. The van der Waals surface area contributed by atoms with Crippen LogP contribution in [0.2, 0.25) is 0 Å². The van der Waals surface area contributed by atoms with Crippen molar-refractivity contribution in [1.29, 1.82) is 0 Å². The first kappa shape index (κ1) is 21.7. The summed E-state index contributed by atoms with van der Waals surface area (Å²) in [6.45, 7) is 3.26. The third kappa shape index (κ3) is 3.91. The normalized spacial score (nSPS) is 10.8. The average molecular weight is 444 g/mol. The molecule has 0 saturated heterocycles. The molecule has 0 unspecified atom stereocenters. The molecule has 0 aliphatic rings. The molecule has 0 spiro atoms. The molecule has 0 aliphatic carbocycles. The molecule has 1 N–H and O–H groups in total. The first-order valence-electron chi connectivity index (χ1n) is 10.0. The van der Waals surface area contributed by atoms with E-state index in [0.29, 0.717) is 33.9 Å². The molecule has 0 atom stereocenters. The van der Waals surface area contributed by atoms with Crippen molar-refractivity contribution in [2.45, 2.75) is 13.8 Å². The van der Waals surface area contributed by atoms with E-state index in [4.69, 9.17) is 4.74 Å². The minimum absolute atomic E-state index is 0.136. The maximum absolute atomic E-state index is 13.1. The van der Waals surface area contributed by atoms with Crippen LogP contribution in [0, 0.1) is 24.0 Å². The van der Waals surface area contributed by atoms with Gasteiger partial charge in [0.15, 0.2) is 0 Å². The van der Waals surface area contributed by atoms with Crippen molar-refractivity contribution in [2.24, 2.45) is 0 Å². The van der Waals surface area contributed by atoms with Crippen LogP contribution in [0.25, 0.3) is 16.6 Å². The number of nitro groups is 1. The Labute approximate surface area is 188 Å². The number of amides is 1. The minimum atomic E-state index is -0.529. The number of aryl methyl sites for hydroxylation is 1. The number of carbonyl (C=O) groups is 1. The highest BCUT2D eigenvalue weighted by molar-refractivity contribution is 6.06. The van der Waals surface area contributed by atoms with Crippen LogP contribution in [0.1, 0.15) is 21.7 Å². The van der Waals surface area contributed by atoms with Crippen LogP contribution in [0.15, 0.2) is 65.5 Å². The number of nitrogens with one attached hydrogen (secondary N) is 1. The van der Waals surface area contributed by atoms with Gasteiger partial charge in [0.05, 0.1) is 34.3 Å². The summed E-state index contributed by atoms with van der Waals surface area (Å²) in [6, 6.07) is 16.3. The third-order valence-corrected chi connectivity index (χ3v) is 5.38. The second-order valence-electron chi connectivity index (χ2n) is 7.36. The van der Waals surface area contributed by atoms with Gasteiger partial charge in [0.25, 0.3) is 17.2 Å². The van der Waals surface area contributed by atoms with E-state index < -0.39 is 10.8 Å². The van der Waals surface area contributed by atoms with Crippen molar-refractivity contribution in [3.8, 4) is 11.4 Å². The molecular formula is C24H20N4O5. The topological polar surface area (TPSA) is 116 Å². The molecule has 3 aromatic carbocycles. The van der Waals surface area contributed by atoms with Gasteiger partial charge in [-0.3, -0.25) is 24.3 Å². The van der Waals surface area contributed by atoms with Crippen molar-refractivity contribution >= 4 is 28.2 Å². The van der Waals surface area contributed by atoms with Gasteiger partial charge in [-0.2, -0.15) is 0 Å². The van der Waals surface area contributed by atoms with Crippen LogP contribution >= 0.6 is 0 Å². The standard InChI is InChI=1S/C24H20N4O5/c1-14-17(8-6-10-21(14)28(31)32)23(29)26-20-12-11-16(13-22(20)33-3)27-15(2)25-19-9-5-4-7-18(19)24(27)30/h4-13H,1-3H3,(H,26,29). The van der Waals surface area contributed by atoms with Gasteiger partial charge < -0.3 is 10.1 Å². The second kappa shape index (κ2) is 8.54. The molecule has 9 heteroatoms. The number of fused-ring (bicyclic) bond motifs is 1. The lowest BCUT2D eigenvalue weighted by atomic mass is 10.1. The number of aromatic nitrogens is 2. The number of carbonyl (C=O) groups excluding carboxylic acids is 1. The Bertz CT molecular complexity index is 1480. The zero-order chi connectivity index (χ0) is 23.7. The molecule has 0 bridgehead atoms. The molecule has 4 rings (SSSR count). The van der Waals surface area contributed by atoms with Crippen molar-refractivity contribution < 1.29 is 14.5 Å². The number of benzene rings is 3. The van der Waals surface area contributed by atoms with Crippen LogP contribution in [0.3, 0.4) is 0 Å². The summed E-state index contributed by atoms with van der Waals surface area (Å²) in [5.41, 5.74) is 1.59. The predicted octanol–water partition coefficient (Wildman–Crippen LogP) is 4.17. The van der Waals surface area contributed by atoms with E-state index in [-0.39, 0.29) is 22.4 Å². The summed E-state index contributed by atoms with van der Waals surface area (Å²) >= 11 is 0. The van der Waals surface area contributed by atoms with Crippen LogP contribution in [-0.2, 0) is 0 Å². The fraction of sp³-hybridized carbons (Fsp3) is 0.125. The van der Waals surface area contributed by atoms with Gasteiger partial charge in [-0.05, 0) is 44.2 Å². The molecule has 0 aliphatic heterocycles. The van der Waals surface area contributed by atoms with Crippen LogP contribution in [-0.4, -0.2) is 27.5 Å². The summed E-state index contributed by atoms with van der Waals surface area (Å²) in [4.78, 5) is 41.1. The number of methoxy groups -OCH3 is 1. The van der Waals surface area contributed by atoms with Crippen LogP contribution in [0.5, 0.6) is 5.75 Å². The average Bonchev–Trinajstić information content (AvgIpc) is 2.79. The van der Waals surface area contributed by atoms with E-state index in [2.05, 4.69) is 10.3 Å². The molecule has 0 radical (unpaired) electrons. The molecule has 1 heterocycles. The summed E-state index contributed by atoms with van der Waals surface area (Å²) in [6.07, 6.45) is 0. The van der Waals surface area contributed by atoms with Gasteiger partial charge in [-0.15, -0.1) is 0 Å². The van der Waals surface area contributed by atoms with Gasteiger partial charge >= 0.3 is 0 Å². The Kier molecular flexibility index (Phi) is 5.61. The summed E-state index contributed by atoms with van der Waals surface area (Å²) in [5.74, 6) is 0.316. The zero-order valence-corrected chi connectivity index (χ0v) is 18.2. The number of hydrogen-bond acceptors (Lipinski definition) is 6. The number of hydrogen-bond donors (Lipinski definition) is 1. The Morgan fingerprint density at radius 2 is 1.85 bits per heavy atom. The SMILES string of the molecule is COc1cc(-n2c(C)nc3ccccc3c2=O)ccc1NC(=O)c1cccc([N+](=O)[O-])c1C. The molecule has 1 amide bonds. The zero-order valence-electron chi connectivity index (χ0n) is 18.2. The molecular weight excluding hydrogens is 424 g/mol. The minimum Gasteiger partial charge on any atom is -0.494 e. The number of anilines is 1. The van der Waals surface area contributed by atoms with Crippen molar-refractivity contribution in [2.75, 3.05) is 12.4 Å². The molecule has 166 valence electrons. The van der Waals surface area contributed by atoms with E-state index >= 15 is 0 Å². The highest BCUT2D eigenvalue weighted by Gasteiger charge is 2.19. The highest BCUT2D eigenvalue weighted by atomic mass is 16.6. The van der Waals surface area contributed by atoms with Crippen LogP contribution < -0.4 is 15.6 Å². The quantitative estimate of drug-likeness (QED) is 0.365. The second-order valence-corrected chi connectivity index (χ2v) is 7.36. The third-order valence-electron chi connectivity index (χ3n) is 5.38. The number of ether oxygens (including phenoxy) is 1. The van der Waals surface area contributed by atoms with Crippen molar-refractivity contribution in [1.82, 2.24) is 9.55 Å². The smallest absolute Gasteiger partial charge is 0.273 e. The first-order valence-corrected chi connectivity index (χ1v) is 10.0. The first-order chi connectivity index (χ1) is 15.8. The molecule has 1 aromatic heterocycles. The monoisotopic (exact) mass is 444 g/mol. The largest absolute Gasteiger partial charge is 0.494 e. The summed E-state index contributed by atoms with van der Waals surface area (Å²) < 4.78 is 6.92. The van der Waals surface area contributed by atoms with Crippen LogP contribution in [0.4, 0.5) is 11.4 Å². The van der Waals surface area contributed by atoms with Gasteiger partial charge in [0, 0.05) is 23.3 Å². The lowest BCUT2D eigenvalue weighted by molar-refractivity contribution is -0.385. The predicted molar refractivity (Wildman–Crippen MR) is 124 cm³/mol. The fourth-order valence-electron chi connectivity index (χ4n) is 3.73. The summed E-state index contributed by atoms with van der Waals surface area (Å²) in [7, 11) is 1.45. The highest BCUT2D eigenvalue weighted by Crippen LogP contribution is 2.29. The lowest BCUT2D eigenvalue weighted by Crippen LogP contribution is -2.22. The van der Waals surface area contributed by atoms with E-state index in [1.807, 2.05) is 6.07 Å². The maximum atomic E-state index is 13.1. The Hall–Kier alpha value is -4.53. The van der Waals surface area contributed by atoms with Gasteiger partial charge in [-0.25, -0.2) is 4.98 Å². The maximum Gasteiger partial charge on any atom is 0.273 e. The Morgan fingerprint density at radius 1 is 1.09 bits per heavy atom.